The summed E-state index contributed by atoms with van der Waals surface area (Å²) in [6.45, 7) is 1.19. The summed E-state index contributed by atoms with van der Waals surface area (Å²) in [7, 11) is 0. The van der Waals surface area contributed by atoms with Gasteiger partial charge in [-0.3, -0.25) is 4.98 Å². The maximum absolute atomic E-state index is 13.5. The van der Waals surface area contributed by atoms with Gasteiger partial charge in [-0.05, 0) is 37.8 Å². The van der Waals surface area contributed by atoms with E-state index >= 15 is 0 Å². The molecule has 1 aliphatic heterocycles. The fourth-order valence-corrected chi connectivity index (χ4v) is 3.95. The highest BCUT2D eigenvalue weighted by atomic mass is 19.4. The van der Waals surface area contributed by atoms with Gasteiger partial charge >= 0.3 is 6.18 Å². The van der Waals surface area contributed by atoms with Crippen molar-refractivity contribution < 1.29 is 13.2 Å². The first-order valence-electron chi connectivity index (χ1n) is 10.00. The molecule has 3 aromatic heterocycles. The minimum Gasteiger partial charge on any atom is -0.356 e. The fourth-order valence-electron chi connectivity index (χ4n) is 3.95. The molecule has 30 heavy (non-hydrogen) atoms. The molecule has 10 heteroatoms. The van der Waals surface area contributed by atoms with Crippen molar-refractivity contribution in [3.8, 4) is 11.4 Å². The summed E-state index contributed by atoms with van der Waals surface area (Å²) in [6.07, 6.45) is 4.25. The van der Waals surface area contributed by atoms with Crippen LogP contribution >= 0.6 is 0 Å². The number of hydrogen-bond acceptors (Lipinski definition) is 6. The van der Waals surface area contributed by atoms with E-state index < -0.39 is 11.9 Å². The molecule has 1 saturated carbocycles. The molecule has 7 nitrogen and oxygen atoms in total. The zero-order valence-corrected chi connectivity index (χ0v) is 16.1. The van der Waals surface area contributed by atoms with Gasteiger partial charge in [0.15, 0.2) is 11.5 Å². The van der Waals surface area contributed by atoms with Crippen LogP contribution in [0.3, 0.4) is 0 Å². The van der Waals surface area contributed by atoms with Gasteiger partial charge in [-0.25, -0.2) is 9.97 Å². The lowest BCUT2D eigenvalue weighted by Gasteiger charge is -2.33. The van der Waals surface area contributed by atoms with Gasteiger partial charge in [-0.2, -0.15) is 13.2 Å². The van der Waals surface area contributed by atoms with Crippen molar-refractivity contribution in [3.63, 3.8) is 0 Å². The molecular weight excluding hydrogens is 395 g/mol. The summed E-state index contributed by atoms with van der Waals surface area (Å²) in [4.78, 5) is 14.1. The Morgan fingerprint density at radius 3 is 2.57 bits per heavy atom. The lowest BCUT2D eigenvalue weighted by Crippen LogP contribution is -2.36. The molecular formula is C20H20F3N7. The number of pyridine rings is 1. The minimum atomic E-state index is -4.55. The van der Waals surface area contributed by atoms with E-state index in [1.165, 1.54) is 12.4 Å². The van der Waals surface area contributed by atoms with Crippen molar-refractivity contribution in [1.29, 1.82) is 0 Å². The largest absolute Gasteiger partial charge is 0.433 e. The van der Waals surface area contributed by atoms with Crippen LogP contribution in [0.5, 0.6) is 0 Å². The van der Waals surface area contributed by atoms with Crippen LogP contribution in [0, 0.1) is 0 Å². The zero-order valence-electron chi connectivity index (χ0n) is 16.1. The molecule has 2 fully saturated rings. The highest BCUT2D eigenvalue weighted by molar-refractivity contribution is 5.57. The Balaban J connectivity index is 1.48. The first-order valence-corrected chi connectivity index (χ1v) is 10.00. The lowest BCUT2D eigenvalue weighted by molar-refractivity contribution is -0.141. The van der Waals surface area contributed by atoms with Gasteiger partial charge in [0.25, 0.3) is 0 Å². The molecule has 0 spiro atoms. The van der Waals surface area contributed by atoms with Gasteiger partial charge in [0.05, 0.1) is 0 Å². The van der Waals surface area contributed by atoms with Gasteiger partial charge in [0, 0.05) is 49.1 Å². The van der Waals surface area contributed by atoms with Gasteiger partial charge in [0.1, 0.15) is 18.0 Å². The predicted octanol–water partition coefficient (Wildman–Crippen LogP) is 3.87. The summed E-state index contributed by atoms with van der Waals surface area (Å²) in [5, 5.41) is 8.39. The molecule has 0 aromatic carbocycles. The van der Waals surface area contributed by atoms with E-state index in [9.17, 15) is 13.2 Å². The summed E-state index contributed by atoms with van der Waals surface area (Å²) in [6, 6.07) is 4.71. The lowest BCUT2D eigenvalue weighted by atomic mass is 9.97. The van der Waals surface area contributed by atoms with E-state index in [1.807, 2.05) is 4.90 Å². The predicted molar refractivity (Wildman–Crippen MR) is 103 cm³/mol. The van der Waals surface area contributed by atoms with Gasteiger partial charge in [0.2, 0.25) is 0 Å². The van der Waals surface area contributed by atoms with Crippen LogP contribution in [0.25, 0.3) is 11.4 Å². The molecule has 2 aliphatic rings. The number of rotatable bonds is 4. The topological polar surface area (TPSA) is 72.6 Å². The quantitative estimate of drug-likeness (QED) is 0.644. The summed E-state index contributed by atoms with van der Waals surface area (Å²) in [5.74, 6) is 1.36. The first kappa shape index (κ1) is 19.0. The maximum Gasteiger partial charge on any atom is 0.433 e. The zero-order chi connectivity index (χ0) is 20.7. The van der Waals surface area contributed by atoms with E-state index in [-0.39, 0.29) is 17.6 Å². The third-order valence-electron chi connectivity index (χ3n) is 5.59. The van der Waals surface area contributed by atoms with Crippen LogP contribution in [0.4, 0.5) is 19.0 Å². The van der Waals surface area contributed by atoms with Crippen molar-refractivity contribution in [2.45, 2.75) is 43.8 Å². The number of anilines is 1. The average Bonchev–Trinajstić information content (AvgIpc) is 3.49. The Bertz CT molecular complexity index is 1030. The summed E-state index contributed by atoms with van der Waals surface area (Å²) in [5.41, 5.74) is -0.443. The number of aromatic nitrogens is 6. The molecule has 1 unspecified atom stereocenters. The van der Waals surface area contributed by atoms with Crippen LogP contribution in [-0.2, 0) is 6.18 Å². The SMILES string of the molecule is FC(F)(F)c1cc(N2CCCC(c3nncn3C3CC3)C2)nc(-c2ccncc2)n1. The van der Waals surface area contributed by atoms with Crippen LogP contribution in [0.15, 0.2) is 36.9 Å². The number of nitrogens with zero attached hydrogens (tertiary/aromatic N) is 7. The maximum atomic E-state index is 13.5. The third kappa shape index (κ3) is 3.73. The Labute approximate surface area is 171 Å². The number of alkyl halides is 3. The molecule has 4 heterocycles. The second-order valence-electron chi connectivity index (χ2n) is 7.78. The molecule has 0 radical (unpaired) electrons. The highest BCUT2D eigenvalue weighted by Crippen LogP contribution is 2.39. The second-order valence-corrected chi connectivity index (χ2v) is 7.78. The van der Waals surface area contributed by atoms with Crippen molar-refractivity contribution in [2.24, 2.45) is 0 Å². The van der Waals surface area contributed by atoms with E-state index in [1.54, 1.807) is 18.5 Å². The molecule has 5 rings (SSSR count). The molecule has 0 N–H and O–H groups in total. The Morgan fingerprint density at radius 2 is 1.83 bits per heavy atom. The van der Waals surface area contributed by atoms with Gasteiger partial charge in [-0.15, -0.1) is 10.2 Å². The van der Waals surface area contributed by atoms with Crippen LogP contribution in [0.1, 0.15) is 49.2 Å². The number of halogens is 3. The smallest absolute Gasteiger partial charge is 0.356 e. The molecule has 0 bridgehead atoms. The van der Waals surface area contributed by atoms with Gasteiger partial charge in [-0.1, -0.05) is 0 Å². The molecule has 156 valence electrons. The van der Waals surface area contributed by atoms with Crippen molar-refractivity contribution in [2.75, 3.05) is 18.0 Å². The Kier molecular flexibility index (Phi) is 4.63. The molecule has 1 aliphatic carbocycles. The standard InChI is InChI=1S/C20H20F3N7/c21-20(22,23)16-10-17(27-18(26-16)13-5-7-24-8-6-13)29-9-1-2-14(11-29)19-28-25-12-30(19)15-3-4-15/h5-8,10,12,14-15H,1-4,9,11H2. The normalized spacial score (nSPS) is 19.8. The monoisotopic (exact) mass is 415 g/mol. The Hall–Kier alpha value is -3.04. The van der Waals surface area contributed by atoms with Gasteiger partial charge < -0.3 is 9.47 Å². The molecule has 1 saturated heterocycles. The third-order valence-corrected chi connectivity index (χ3v) is 5.59. The van der Waals surface area contributed by atoms with Crippen LogP contribution < -0.4 is 4.90 Å². The highest BCUT2D eigenvalue weighted by Gasteiger charge is 2.36. The van der Waals surface area contributed by atoms with Crippen LogP contribution in [-0.4, -0.2) is 42.8 Å². The van der Waals surface area contributed by atoms with E-state index in [4.69, 9.17) is 0 Å². The number of piperidine rings is 1. The Morgan fingerprint density at radius 1 is 1.03 bits per heavy atom. The fraction of sp³-hybridized carbons (Fsp3) is 0.450. The summed E-state index contributed by atoms with van der Waals surface area (Å²) >= 11 is 0. The first-order chi connectivity index (χ1) is 14.5. The molecule has 1 atom stereocenters. The van der Waals surface area contributed by atoms with Crippen molar-refractivity contribution in [3.05, 3.63) is 48.4 Å². The molecule has 3 aromatic rings. The van der Waals surface area contributed by atoms with E-state index in [2.05, 4.69) is 29.7 Å². The van der Waals surface area contributed by atoms with Crippen molar-refractivity contribution >= 4 is 5.82 Å². The molecule has 0 amide bonds. The van der Waals surface area contributed by atoms with E-state index in [0.717, 1.165) is 37.6 Å². The van der Waals surface area contributed by atoms with Crippen LogP contribution in [0.2, 0.25) is 0 Å². The number of hydrogen-bond donors (Lipinski definition) is 0. The van der Waals surface area contributed by atoms with Crippen molar-refractivity contribution in [1.82, 2.24) is 29.7 Å². The second kappa shape index (κ2) is 7.33. The van der Waals surface area contributed by atoms with E-state index in [0.29, 0.717) is 24.7 Å². The minimum absolute atomic E-state index is 0.0468. The summed E-state index contributed by atoms with van der Waals surface area (Å²) < 4.78 is 42.7. The average molecular weight is 415 g/mol.